The lowest BCUT2D eigenvalue weighted by Gasteiger charge is -2.56. The molecule has 2 heterocycles. The van der Waals surface area contributed by atoms with Crippen LogP contribution >= 0.6 is 0 Å². The summed E-state index contributed by atoms with van der Waals surface area (Å²) in [6, 6.07) is 17.5. The molecule has 1 amide bonds. The summed E-state index contributed by atoms with van der Waals surface area (Å²) in [5.41, 5.74) is 0.983. The molecule has 6 nitrogen and oxygen atoms in total. The highest BCUT2D eigenvalue weighted by atomic mass is 32.2. The number of carbonyl (C=O) groups excluding carboxylic acids is 1. The molecule has 2 aromatic rings. The second kappa shape index (κ2) is 7.55. The van der Waals surface area contributed by atoms with Gasteiger partial charge in [-0.2, -0.15) is 0 Å². The van der Waals surface area contributed by atoms with Gasteiger partial charge in [-0.05, 0) is 24.1 Å². The Balaban J connectivity index is 1.72. The van der Waals surface area contributed by atoms with Crippen molar-refractivity contribution < 1.29 is 22.7 Å². The molecule has 2 aliphatic heterocycles. The van der Waals surface area contributed by atoms with Gasteiger partial charge in [-0.3, -0.25) is 4.79 Å². The number of amides is 1. The molecule has 154 valence electrons. The number of methoxy groups -OCH3 is 2. The largest absolute Gasteiger partial charge is 0.351 e. The molecule has 3 fully saturated rings. The maximum Gasteiger partial charge on any atom is 0.227 e. The van der Waals surface area contributed by atoms with E-state index >= 15 is 0 Å². The summed E-state index contributed by atoms with van der Waals surface area (Å²) in [6.07, 6.45) is 0.508. The lowest BCUT2D eigenvalue weighted by atomic mass is 9.74. The molecule has 3 atom stereocenters. The van der Waals surface area contributed by atoms with Gasteiger partial charge in [0.25, 0.3) is 0 Å². The molecule has 1 aliphatic carbocycles. The van der Waals surface area contributed by atoms with Crippen molar-refractivity contribution in [3.63, 3.8) is 0 Å². The Kier molecular flexibility index (Phi) is 5.23. The highest BCUT2D eigenvalue weighted by Gasteiger charge is 2.62. The molecule has 0 aromatic heterocycles. The molecule has 0 radical (unpaired) electrons. The first-order valence-corrected chi connectivity index (χ1v) is 11.2. The molecule has 3 aliphatic rings. The van der Waals surface area contributed by atoms with Gasteiger partial charge in [-0.1, -0.05) is 48.5 Å². The highest BCUT2D eigenvalue weighted by Crippen LogP contribution is 2.48. The fourth-order valence-corrected chi connectivity index (χ4v) is 6.70. The molecule has 29 heavy (non-hydrogen) atoms. The van der Waals surface area contributed by atoms with Crippen LogP contribution in [-0.2, 0) is 30.7 Å². The summed E-state index contributed by atoms with van der Waals surface area (Å²) in [5.74, 6) is -1.87. The van der Waals surface area contributed by atoms with Crippen LogP contribution in [0.5, 0.6) is 0 Å². The van der Waals surface area contributed by atoms with Crippen molar-refractivity contribution in [2.45, 2.75) is 41.4 Å². The van der Waals surface area contributed by atoms with E-state index in [1.807, 2.05) is 30.3 Å². The van der Waals surface area contributed by atoms with Crippen molar-refractivity contribution in [2.24, 2.45) is 5.92 Å². The molecule has 1 saturated carbocycles. The van der Waals surface area contributed by atoms with Gasteiger partial charge < -0.3 is 14.4 Å². The fourth-order valence-electron chi connectivity index (χ4n) is 4.73. The first kappa shape index (κ1) is 20.1. The van der Waals surface area contributed by atoms with Crippen molar-refractivity contribution in [1.29, 1.82) is 0 Å². The smallest absolute Gasteiger partial charge is 0.227 e. The minimum absolute atomic E-state index is 0.153. The molecule has 0 unspecified atom stereocenters. The molecular weight excluding hydrogens is 390 g/mol. The molecule has 2 bridgehead atoms. The number of sulfone groups is 1. The minimum atomic E-state index is -3.65. The van der Waals surface area contributed by atoms with E-state index in [9.17, 15) is 13.2 Å². The summed E-state index contributed by atoms with van der Waals surface area (Å²) in [7, 11) is -0.544. The molecule has 0 N–H and O–H groups in total. The van der Waals surface area contributed by atoms with Crippen LogP contribution in [0, 0.1) is 5.92 Å². The minimum Gasteiger partial charge on any atom is -0.351 e. The number of nitrogens with zero attached hydrogens (tertiary/aromatic N) is 1. The van der Waals surface area contributed by atoms with Gasteiger partial charge in [0.2, 0.25) is 5.91 Å². The topological polar surface area (TPSA) is 72.9 Å². The van der Waals surface area contributed by atoms with E-state index < -0.39 is 32.8 Å². The van der Waals surface area contributed by atoms with Crippen LogP contribution in [-0.4, -0.2) is 50.5 Å². The van der Waals surface area contributed by atoms with Crippen LogP contribution in [0.2, 0.25) is 0 Å². The summed E-state index contributed by atoms with van der Waals surface area (Å²) in [4.78, 5) is 15.3. The number of benzene rings is 2. The number of hydrogen-bond acceptors (Lipinski definition) is 5. The highest BCUT2D eigenvalue weighted by molar-refractivity contribution is 7.92. The van der Waals surface area contributed by atoms with Crippen molar-refractivity contribution in [3.05, 3.63) is 66.2 Å². The van der Waals surface area contributed by atoms with E-state index in [-0.39, 0.29) is 23.6 Å². The summed E-state index contributed by atoms with van der Waals surface area (Å²) >= 11 is 0. The zero-order valence-electron chi connectivity index (χ0n) is 16.5. The zero-order chi connectivity index (χ0) is 20.6. The van der Waals surface area contributed by atoms with Crippen molar-refractivity contribution >= 4 is 15.7 Å². The Morgan fingerprint density at radius 1 is 1.00 bits per heavy atom. The Morgan fingerprint density at radius 2 is 1.59 bits per heavy atom. The van der Waals surface area contributed by atoms with Crippen molar-refractivity contribution in [2.75, 3.05) is 14.2 Å². The quantitative estimate of drug-likeness (QED) is 0.678. The fraction of sp³-hybridized carbons (Fsp3) is 0.409. The van der Waals surface area contributed by atoms with Crippen LogP contribution in [0.3, 0.4) is 0 Å². The van der Waals surface area contributed by atoms with Gasteiger partial charge in [0.15, 0.2) is 15.6 Å². The van der Waals surface area contributed by atoms with Gasteiger partial charge in [0.1, 0.15) is 0 Å². The monoisotopic (exact) mass is 415 g/mol. The van der Waals surface area contributed by atoms with Gasteiger partial charge in [0.05, 0.1) is 22.1 Å². The molecule has 2 aromatic carbocycles. The summed E-state index contributed by atoms with van der Waals surface area (Å²) in [5, 5.41) is -0.784. The number of fused-ring (bicyclic) bond motifs is 3. The van der Waals surface area contributed by atoms with E-state index in [0.717, 1.165) is 5.56 Å². The second-order valence-corrected chi connectivity index (χ2v) is 9.80. The van der Waals surface area contributed by atoms with Crippen molar-refractivity contribution in [1.82, 2.24) is 4.90 Å². The molecule has 2 saturated heterocycles. The van der Waals surface area contributed by atoms with E-state index in [2.05, 4.69) is 0 Å². The van der Waals surface area contributed by atoms with E-state index in [1.54, 1.807) is 49.5 Å². The Labute approximate surface area is 171 Å². The number of hydrogen-bond donors (Lipinski definition) is 0. The van der Waals surface area contributed by atoms with Crippen LogP contribution in [0.25, 0.3) is 0 Å². The summed E-state index contributed by atoms with van der Waals surface area (Å²) < 4.78 is 38.1. The SMILES string of the molecule is COC1(OC)C[C@H]2C(=O)N(Cc3ccccc3)[C@H]1C[C@@H]2S(=O)(=O)c1ccccc1. The molecular formula is C22H25NO5S. The molecule has 5 rings (SSSR count). The van der Waals surface area contributed by atoms with Gasteiger partial charge in [-0.25, -0.2) is 8.42 Å². The average Bonchev–Trinajstić information content (AvgIpc) is 2.77. The molecule has 7 heteroatoms. The summed E-state index contributed by atoms with van der Waals surface area (Å²) in [6.45, 7) is 0.396. The van der Waals surface area contributed by atoms with Crippen LogP contribution in [0.15, 0.2) is 65.6 Å². The first-order chi connectivity index (χ1) is 13.9. The Bertz CT molecular complexity index is 973. The van der Waals surface area contributed by atoms with Gasteiger partial charge in [0, 0.05) is 27.2 Å². The van der Waals surface area contributed by atoms with Crippen LogP contribution in [0.4, 0.5) is 0 Å². The predicted molar refractivity (Wildman–Crippen MR) is 108 cm³/mol. The number of rotatable bonds is 6. The average molecular weight is 416 g/mol. The van der Waals surface area contributed by atoms with Crippen LogP contribution in [0.1, 0.15) is 18.4 Å². The first-order valence-electron chi connectivity index (χ1n) is 9.66. The maximum absolute atomic E-state index is 13.3. The van der Waals surface area contributed by atoms with Gasteiger partial charge in [-0.15, -0.1) is 0 Å². The Hall–Kier alpha value is -2.22. The van der Waals surface area contributed by atoms with E-state index in [1.165, 1.54) is 0 Å². The zero-order valence-corrected chi connectivity index (χ0v) is 17.3. The number of carbonyl (C=O) groups is 1. The third-order valence-corrected chi connectivity index (χ3v) is 8.50. The van der Waals surface area contributed by atoms with Crippen molar-refractivity contribution in [3.8, 4) is 0 Å². The van der Waals surface area contributed by atoms with Crippen LogP contribution < -0.4 is 0 Å². The third-order valence-electron chi connectivity index (χ3n) is 6.25. The lowest BCUT2D eigenvalue weighted by molar-refractivity contribution is -0.278. The lowest BCUT2D eigenvalue weighted by Crippen LogP contribution is -2.70. The van der Waals surface area contributed by atoms with E-state index in [0.29, 0.717) is 6.54 Å². The standard InChI is InChI=1S/C22H25NO5S/c1-27-22(28-2)14-18-19(29(25,26)17-11-7-4-8-12-17)13-20(22)23(21(18)24)15-16-9-5-3-6-10-16/h3-12,18-20H,13-15H2,1-2H3/t18-,19+,20+/m1/s1. The Morgan fingerprint density at radius 3 is 2.17 bits per heavy atom. The molecule has 0 spiro atoms. The predicted octanol–water partition coefficient (Wildman–Crippen LogP) is 2.64. The number of ether oxygens (including phenoxy) is 2. The third kappa shape index (κ3) is 3.27. The van der Waals surface area contributed by atoms with E-state index in [4.69, 9.17) is 9.47 Å². The van der Waals surface area contributed by atoms with Gasteiger partial charge >= 0.3 is 0 Å². The normalized spacial score (nSPS) is 25.9. The second-order valence-electron chi connectivity index (χ2n) is 7.63. The number of piperidine rings is 2. The maximum atomic E-state index is 13.3.